The molecule has 0 radical (unpaired) electrons. The number of aryl methyl sites for hydroxylation is 2. The van der Waals surface area contributed by atoms with Crippen molar-refractivity contribution in [3.63, 3.8) is 0 Å². The number of halogens is 1. The van der Waals surface area contributed by atoms with Gasteiger partial charge in [0.2, 0.25) is 0 Å². The first-order valence-electron chi connectivity index (χ1n) is 8.52. The molecule has 0 atom stereocenters. The SMILES string of the molecule is Cc1ccc(F)c(NC(=O)c2ccc(S(=O)(=O)Nc3ccccc3C)cc2)c1. The second-order valence-corrected chi connectivity index (χ2v) is 8.06. The van der Waals surface area contributed by atoms with Crippen molar-refractivity contribution in [3.8, 4) is 0 Å². The van der Waals surface area contributed by atoms with E-state index in [1.54, 1.807) is 38.1 Å². The van der Waals surface area contributed by atoms with Gasteiger partial charge in [-0.15, -0.1) is 0 Å². The Kier molecular flexibility index (Phi) is 5.46. The maximum atomic E-state index is 13.8. The first-order valence-corrected chi connectivity index (χ1v) is 10.0. The van der Waals surface area contributed by atoms with Gasteiger partial charge in [0.25, 0.3) is 15.9 Å². The summed E-state index contributed by atoms with van der Waals surface area (Å²) in [6.45, 7) is 3.59. The molecular formula is C21H19FN2O3S. The van der Waals surface area contributed by atoms with Crippen molar-refractivity contribution in [1.82, 2.24) is 0 Å². The smallest absolute Gasteiger partial charge is 0.261 e. The van der Waals surface area contributed by atoms with Gasteiger partial charge < -0.3 is 5.32 Å². The van der Waals surface area contributed by atoms with Crippen molar-refractivity contribution < 1.29 is 17.6 Å². The first kappa shape index (κ1) is 19.6. The number of anilines is 2. The van der Waals surface area contributed by atoms with E-state index in [4.69, 9.17) is 0 Å². The highest BCUT2D eigenvalue weighted by atomic mass is 32.2. The highest BCUT2D eigenvalue weighted by Crippen LogP contribution is 2.21. The van der Waals surface area contributed by atoms with Gasteiger partial charge in [-0.25, -0.2) is 12.8 Å². The van der Waals surface area contributed by atoms with E-state index in [9.17, 15) is 17.6 Å². The van der Waals surface area contributed by atoms with Crippen LogP contribution in [0.1, 0.15) is 21.5 Å². The number of hydrogen-bond donors (Lipinski definition) is 2. The minimum Gasteiger partial charge on any atom is -0.319 e. The van der Waals surface area contributed by atoms with Gasteiger partial charge in [-0.2, -0.15) is 0 Å². The number of para-hydroxylation sites is 1. The van der Waals surface area contributed by atoms with Gasteiger partial charge in [-0.05, 0) is 67.4 Å². The number of amides is 1. The lowest BCUT2D eigenvalue weighted by atomic mass is 10.2. The largest absolute Gasteiger partial charge is 0.319 e. The quantitative estimate of drug-likeness (QED) is 0.665. The van der Waals surface area contributed by atoms with Crippen molar-refractivity contribution >= 4 is 27.3 Å². The molecule has 0 unspecified atom stereocenters. The molecule has 0 spiro atoms. The second-order valence-electron chi connectivity index (χ2n) is 6.38. The molecule has 0 heterocycles. The van der Waals surface area contributed by atoms with Crippen LogP contribution in [0, 0.1) is 19.7 Å². The lowest BCUT2D eigenvalue weighted by Gasteiger charge is -2.11. The Bertz CT molecular complexity index is 1130. The first-order chi connectivity index (χ1) is 13.3. The third kappa shape index (κ3) is 4.37. The zero-order valence-corrected chi connectivity index (χ0v) is 16.2. The fraction of sp³-hybridized carbons (Fsp3) is 0.0952. The Balaban J connectivity index is 1.78. The highest BCUT2D eigenvalue weighted by Gasteiger charge is 2.16. The van der Waals surface area contributed by atoms with E-state index in [0.717, 1.165) is 11.1 Å². The topological polar surface area (TPSA) is 75.3 Å². The van der Waals surface area contributed by atoms with Gasteiger partial charge in [0.05, 0.1) is 16.3 Å². The third-order valence-electron chi connectivity index (χ3n) is 4.19. The van der Waals surface area contributed by atoms with Crippen LogP contribution >= 0.6 is 0 Å². The predicted molar refractivity (Wildman–Crippen MR) is 108 cm³/mol. The Morgan fingerprint density at radius 3 is 2.25 bits per heavy atom. The van der Waals surface area contributed by atoms with Crippen LogP contribution in [0.3, 0.4) is 0 Å². The summed E-state index contributed by atoms with van der Waals surface area (Å²) in [5, 5.41) is 2.49. The van der Waals surface area contributed by atoms with E-state index in [1.165, 1.54) is 36.4 Å². The zero-order chi connectivity index (χ0) is 20.3. The van der Waals surface area contributed by atoms with Crippen LogP contribution in [0.25, 0.3) is 0 Å². The molecule has 7 heteroatoms. The van der Waals surface area contributed by atoms with Crippen LogP contribution in [-0.4, -0.2) is 14.3 Å². The summed E-state index contributed by atoms with van der Waals surface area (Å²) in [5.41, 5.74) is 2.38. The molecule has 0 aromatic heterocycles. The summed E-state index contributed by atoms with van der Waals surface area (Å²) in [7, 11) is -3.79. The van der Waals surface area contributed by atoms with Crippen molar-refractivity contribution in [2.45, 2.75) is 18.7 Å². The van der Waals surface area contributed by atoms with E-state index >= 15 is 0 Å². The molecule has 0 saturated carbocycles. The fourth-order valence-corrected chi connectivity index (χ4v) is 3.74. The number of carbonyl (C=O) groups is 1. The molecule has 0 bridgehead atoms. The molecule has 3 rings (SSSR count). The molecule has 3 aromatic rings. The van der Waals surface area contributed by atoms with Gasteiger partial charge in [0, 0.05) is 5.56 Å². The van der Waals surface area contributed by atoms with Crippen molar-refractivity contribution in [3.05, 3.63) is 89.2 Å². The highest BCUT2D eigenvalue weighted by molar-refractivity contribution is 7.92. The van der Waals surface area contributed by atoms with Crippen molar-refractivity contribution in [1.29, 1.82) is 0 Å². The lowest BCUT2D eigenvalue weighted by molar-refractivity contribution is 0.102. The number of nitrogens with one attached hydrogen (secondary N) is 2. The Morgan fingerprint density at radius 1 is 0.893 bits per heavy atom. The number of benzene rings is 3. The molecule has 2 N–H and O–H groups in total. The van der Waals surface area contributed by atoms with Crippen LogP contribution in [-0.2, 0) is 10.0 Å². The fourth-order valence-electron chi connectivity index (χ4n) is 2.61. The van der Waals surface area contributed by atoms with Gasteiger partial charge in [0.15, 0.2) is 0 Å². The average molecular weight is 398 g/mol. The maximum Gasteiger partial charge on any atom is 0.261 e. The van der Waals surface area contributed by atoms with Crippen molar-refractivity contribution in [2.75, 3.05) is 10.0 Å². The van der Waals surface area contributed by atoms with Gasteiger partial charge in [0.1, 0.15) is 5.82 Å². The van der Waals surface area contributed by atoms with Crippen LogP contribution in [0.4, 0.5) is 15.8 Å². The molecule has 0 fully saturated rings. The van der Waals surface area contributed by atoms with Gasteiger partial charge in [-0.1, -0.05) is 24.3 Å². The standard InChI is InChI=1S/C21H19FN2O3S/c1-14-7-12-18(22)20(13-14)23-21(25)16-8-10-17(11-9-16)28(26,27)24-19-6-4-3-5-15(19)2/h3-13,24H,1-2H3,(H,23,25). The monoisotopic (exact) mass is 398 g/mol. The van der Waals surface area contributed by atoms with Gasteiger partial charge >= 0.3 is 0 Å². The van der Waals surface area contributed by atoms with Crippen LogP contribution < -0.4 is 10.0 Å². The van der Waals surface area contributed by atoms with E-state index in [-0.39, 0.29) is 16.1 Å². The number of carbonyl (C=O) groups excluding carboxylic acids is 1. The summed E-state index contributed by atoms with van der Waals surface area (Å²) >= 11 is 0. The molecule has 28 heavy (non-hydrogen) atoms. The Morgan fingerprint density at radius 2 is 1.57 bits per heavy atom. The molecule has 144 valence electrons. The van der Waals surface area contributed by atoms with Crippen LogP contribution in [0.2, 0.25) is 0 Å². The molecule has 1 amide bonds. The van der Waals surface area contributed by atoms with Crippen LogP contribution in [0.5, 0.6) is 0 Å². The molecule has 0 aliphatic heterocycles. The second kappa shape index (κ2) is 7.82. The lowest BCUT2D eigenvalue weighted by Crippen LogP contribution is -2.15. The molecule has 0 aliphatic rings. The number of hydrogen-bond acceptors (Lipinski definition) is 3. The Hall–Kier alpha value is -3.19. The van der Waals surface area contributed by atoms with E-state index < -0.39 is 21.7 Å². The molecule has 3 aromatic carbocycles. The predicted octanol–water partition coefficient (Wildman–Crippen LogP) is 4.50. The summed E-state index contributed by atoms with van der Waals surface area (Å²) in [4.78, 5) is 12.4. The normalized spacial score (nSPS) is 11.1. The summed E-state index contributed by atoms with van der Waals surface area (Å²) < 4.78 is 41.4. The molecule has 0 saturated heterocycles. The number of rotatable bonds is 5. The summed E-state index contributed by atoms with van der Waals surface area (Å²) in [6.07, 6.45) is 0. The average Bonchev–Trinajstić information content (AvgIpc) is 2.66. The number of sulfonamides is 1. The zero-order valence-electron chi connectivity index (χ0n) is 15.4. The molecular weight excluding hydrogens is 379 g/mol. The third-order valence-corrected chi connectivity index (χ3v) is 5.57. The van der Waals surface area contributed by atoms with Crippen molar-refractivity contribution in [2.24, 2.45) is 0 Å². The molecule has 5 nitrogen and oxygen atoms in total. The van der Waals surface area contributed by atoms with E-state index in [0.29, 0.717) is 5.69 Å². The minimum atomic E-state index is -3.79. The van der Waals surface area contributed by atoms with Gasteiger partial charge in [-0.3, -0.25) is 9.52 Å². The Labute approximate surface area is 163 Å². The van der Waals surface area contributed by atoms with E-state index in [1.807, 2.05) is 6.07 Å². The minimum absolute atomic E-state index is 0.0223. The van der Waals surface area contributed by atoms with Crippen LogP contribution in [0.15, 0.2) is 71.6 Å². The summed E-state index contributed by atoms with van der Waals surface area (Å²) in [5.74, 6) is -1.07. The molecule has 0 aliphatic carbocycles. The summed E-state index contributed by atoms with van der Waals surface area (Å²) in [6, 6.07) is 16.9. The maximum absolute atomic E-state index is 13.8. The van der Waals surface area contributed by atoms with E-state index in [2.05, 4.69) is 10.0 Å².